The van der Waals surface area contributed by atoms with E-state index in [9.17, 15) is 18.0 Å². The zero-order valence-electron chi connectivity index (χ0n) is 18.8. The number of esters is 1. The predicted octanol–water partition coefficient (Wildman–Crippen LogP) is 3.39. The van der Waals surface area contributed by atoms with Gasteiger partial charge in [0.15, 0.2) is 0 Å². The molecule has 0 spiro atoms. The Morgan fingerprint density at radius 3 is 2.64 bits per heavy atom. The average molecular weight is 493 g/mol. The van der Waals surface area contributed by atoms with Gasteiger partial charge in [-0.25, -0.2) is 13.2 Å². The van der Waals surface area contributed by atoms with E-state index < -0.39 is 21.9 Å². The first-order valence-electron chi connectivity index (χ1n) is 11.1. The summed E-state index contributed by atoms with van der Waals surface area (Å²) < 4.78 is 38.0. The van der Waals surface area contributed by atoms with Crippen molar-refractivity contribution in [3.8, 4) is 0 Å². The van der Waals surface area contributed by atoms with Crippen LogP contribution in [0.1, 0.15) is 56.5 Å². The van der Waals surface area contributed by atoms with Crippen molar-refractivity contribution in [1.82, 2.24) is 4.31 Å². The minimum atomic E-state index is -3.74. The molecule has 0 saturated carbocycles. The Kier molecular flexibility index (Phi) is 7.18. The molecule has 1 aliphatic heterocycles. The van der Waals surface area contributed by atoms with Crippen LogP contribution in [0.5, 0.6) is 0 Å². The molecule has 2 aliphatic rings. The first-order valence-corrected chi connectivity index (χ1v) is 13.4. The third-order valence-corrected chi connectivity index (χ3v) is 9.04. The summed E-state index contributed by atoms with van der Waals surface area (Å²) in [5.41, 5.74) is 2.29. The number of anilines is 1. The normalized spacial score (nSPS) is 16.8. The van der Waals surface area contributed by atoms with Crippen LogP contribution in [0, 0.1) is 6.92 Å². The van der Waals surface area contributed by atoms with Gasteiger partial charge in [0, 0.05) is 23.5 Å². The molecule has 4 rings (SSSR count). The lowest BCUT2D eigenvalue weighted by Gasteiger charge is -2.26. The van der Waals surface area contributed by atoms with Gasteiger partial charge in [0.2, 0.25) is 10.0 Å². The maximum absolute atomic E-state index is 13.3. The van der Waals surface area contributed by atoms with Crippen LogP contribution in [0.2, 0.25) is 0 Å². The van der Waals surface area contributed by atoms with Crippen molar-refractivity contribution < 1.29 is 27.5 Å². The quantitative estimate of drug-likeness (QED) is 0.621. The number of carbonyl (C=O) groups excluding carboxylic acids is 2. The number of nitrogens with zero attached hydrogens (tertiary/aromatic N) is 1. The monoisotopic (exact) mass is 492 g/mol. The fourth-order valence-corrected chi connectivity index (χ4v) is 6.89. The van der Waals surface area contributed by atoms with Crippen LogP contribution < -0.4 is 5.32 Å². The molecule has 2 heterocycles. The highest BCUT2D eigenvalue weighted by atomic mass is 32.2. The summed E-state index contributed by atoms with van der Waals surface area (Å²) in [4.78, 5) is 27.1. The maximum Gasteiger partial charge on any atom is 0.341 e. The van der Waals surface area contributed by atoms with E-state index in [0.717, 1.165) is 36.1 Å². The first kappa shape index (κ1) is 23.9. The highest BCUT2D eigenvalue weighted by molar-refractivity contribution is 7.89. The van der Waals surface area contributed by atoms with E-state index in [-0.39, 0.29) is 30.2 Å². The number of ether oxygens (including phenoxy) is 2. The highest BCUT2D eigenvalue weighted by Crippen LogP contribution is 2.39. The molecule has 0 atom stereocenters. The van der Waals surface area contributed by atoms with Crippen molar-refractivity contribution in [3.05, 3.63) is 45.3 Å². The number of rotatable bonds is 6. The minimum absolute atomic E-state index is 0.0660. The Bertz CT molecular complexity index is 1170. The second-order valence-corrected chi connectivity index (χ2v) is 11.1. The molecule has 1 saturated heterocycles. The molecule has 1 amide bonds. The lowest BCUT2D eigenvalue weighted by molar-refractivity contribution is 0.0526. The number of hydrogen-bond acceptors (Lipinski definition) is 7. The van der Waals surface area contributed by atoms with Gasteiger partial charge < -0.3 is 14.8 Å². The third-order valence-electron chi connectivity index (χ3n) is 5.94. The van der Waals surface area contributed by atoms with Crippen LogP contribution >= 0.6 is 11.3 Å². The first-order chi connectivity index (χ1) is 15.8. The Balaban J connectivity index is 1.65. The van der Waals surface area contributed by atoms with E-state index in [0.29, 0.717) is 29.3 Å². The maximum atomic E-state index is 13.3. The van der Waals surface area contributed by atoms with Gasteiger partial charge in [-0.2, -0.15) is 4.31 Å². The number of morpholine rings is 1. The summed E-state index contributed by atoms with van der Waals surface area (Å²) in [5.74, 6) is -0.886. The summed E-state index contributed by atoms with van der Waals surface area (Å²) in [6.07, 6.45) is 3.69. The van der Waals surface area contributed by atoms with E-state index in [1.54, 1.807) is 19.9 Å². The van der Waals surface area contributed by atoms with E-state index in [1.165, 1.54) is 27.8 Å². The van der Waals surface area contributed by atoms with Crippen molar-refractivity contribution in [1.29, 1.82) is 0 Å². The van der Waals surface area contributed by atoms with Crippen molar-refractivity contribution in [3.63, 3.8) is 0 Å². The fourth-order valence-electron chi connectivity index (χ4n) is 4.19. The lowest BCUT2D eigenvalue weighted by Crippen LogP contribution is -2.40. The van der Waals surface area contributed by atoms with Gasteiger partial charge in [0.25, 0.3) is 5.91 Å². The zero-order chi connectivity index (χ0) is 23.6. The zero-order valence-corrected chi connectivity index (χ0v) is 20.4. The Morgan fingerprint density at radius 2 is 1.91 bits per heavy atom. The van der Waals surface area contributed by atoms with Gasteiger partial charge in [-0.05, 0) is 62.8 Å². The summed E-state index contributed by atoms with van der Waals surface area (Å²) >= 11 is 1.40. The molecule has 8 nitrogen and oxygen atoms in total. The molecule has 0 unspecified atom stereocenters. The SMILES string of the molecule is CCOC(=O)c1c(NC(=O)c2cc(S(=O)(=O)N3CCOCC3)ccc2C)sc2c1CCCC2. The molecule has 1 fully saturated rings. The number of nitrogens with one attached hydrogen (secondary N) is 1. The van der Waals surface area contributed by atoms with Crippen LogP contribution in [0.3, 0.4) is 0 Å². The third kappa shape index (κ3) is 4.84. The van der Waals surface area contributed by atoms with Gasteiger partial charge in [0.1, 0.15) is 5.00 Å². The molecule has 33 heavy (non-hydrogen) atoms. The van der Waals surface area contributed by atoms with Crippen LogP contribution in [0.4, 0.5) is 5.00 Å². The second kappa shape index (κ2) is 9.92. The van der Waals surface area contributed by atoms with Gasteiger partial charge in [-0.3, -0.25) is 4.79 Å². The van der Waals surface area contributed by atoms with Crippen LogP contribution in [0.25, 0.3) is 0 Å². The predicted molar refractivity (Wildman–Crippen MR) is 126 cm³/mol. The van der Waals surface area contributed by atoms with Crippen molar-refractivity contribution >= 4 is 38.2 Å². The van der Waals surface area contributed by atoms with E-state index in [4.69, 9.17) is 9.47 Å². The minimum Gasteiger partial charge on any atom is -0.462 e. The molecular formula is C23H28N2O6S2. The number of hydrogen-bond donors (Lipinski definition) is 1. The largest absolute Gasteiger partial charge is 0.462 e. The van der Waals surface area contributed by atoms with E-state index >= 15 is 0 Å². The molecule has 1 aromatic heterocycles. The Hall–Kier alpha value is -2.27. The van der Waals surface area contributed by atoms with Gasteiger partial charge in [-0.1, -0.05) is 6.07 Å². The number of aryl methyl sites for hydroxylation is 2. The molecule has 2 aromatic rings. The smallest absolute Gasteiger partial charge is 0.341 e. The summed E-state index contributed by atoms with van der Waals surface area (Å²) in [5, 5.41) is 3.34. The molecule has 0 radical (unpaired) electrons. The standard InChI is InChI=1S/C23H28N2O6S2/c1-3-31-23(27)20-17-6-4-5-7-19(17)32-22(20)24-21(26)18-14-16(9-8-15(18)2)33(28,29)25-10-12-30-13-11-25/h8-9,14H,3-7,10-13H2,1-2H3,(H,24,26). The molecule has 1 aromatic carbocycles. The van der Waals surface area contributed by atoms with E-state index in [1.807, 2.05) is 0 Å². The van der Waals surface area contributed by atoms with Crippen LogP contribution in [-0.4, -0.2) is 57.5 Å². The van der Waals surface area contributed by atoms with Gasteiger partial charge >= 0.3 is 5.97 Å². The Morgan fingerprint density at radius 1 is 1.18 bits per heavy atom. The number of benzene rings is 1. The number of fused-ring (bicyclic) bond motifs is 1. The topological polar surface area (TPSA) is 102 Å². The molecule has 178 valence electrons. The molecule has 10 heteroatoms. The second-order valence-electron chi connectivity index (χ2n) is 8.08. The fraction of sp³-hybridized carbons (Fsp3) is 0.478. The molecule has 1 aliphatic carbocycles. The number of sulfonamides is 1. The number of thiophene rings is 1. The molecular weight excluding hydrogens is 464 g/mol. The number of amides is 1. The van der Waals surface area contributed by atoms with Crippen molar-refractivity contribution in [2.75, 3.05) is 38.2 Å². The average Bonchev–Trinajstić information content (AvgIpc) is 3.17. The highest BCUT2D eigenvalue weighted by Gasteiger charge is 2.30. The van der Waals surface area contributed by atoms with E-state index in [2.05, 4.69) is 5.32 Å². The van der Waals surface area contributed by atoms with Gasteiger partial charge in [0.05, 0.1) is 30.3 Å². The molecule has 1 N–H and O–H groups in total. The van der Waals surface area contributed by atoms with Gasteiger partial charge in [-0.15, -0.1) is 11.3 Å². The molecule has 0 bridgehead atoms. The van der Waals surface area contributed by atoms with Crippen molar-refractivity contribution in [2.24, 2.45) is 0 Å². The lowest BCUT2D eigenvalue weighted by atomic mass is 9.95. The summed E-state index contributed by atoms with van der Waals surface area (Å²) in [7, 11) is -3.74. The summed E-state index contributed by atoms with van der Waals surface area (Å²) in [6, 6.07) is 4.56. The van der Waals surface area contributed by atoms with Crippen LogP contribution in [-0.2, 0) is 32.3 Å². The van der Waals surface area contributed by atoms with Crippen LogP contribution in [0.15, 0.2) is 23.1 Å². The number of carbonyl (C=O) groups is 2. The van der Waals surface area contributed by atoms with Crippen molar-refractivity contribution in [2.45, 2.75) is 44.4 Å². The summed E-state index contributed by atoms with van der Waals surface area (Å²) in [6.45, 7) is 5.00. The Labute approximate surface area is 197 Å².